The van der Waals surface area contributed by atoms with Crippen LogP contribution in [0.5, 0.6) is 5.75 Å². The van der Waals surface area contributed by atoms with Crippen molar-refractivity contribution in [2.24, 2.45) is 5.92 Å². The number of rotatable bonds is 18. The predicted molar refractivity (Wildman–Crippen MR) is 163 cm³/mol. The van der Waals surface area contributed by atoms with E-state index in [1.165, 1.54) is 12.8 Å². The fraction of sp³-hybridized carbons (Fsp3) is 0.486. The van der Waals surface area contributed by atoms with Gasteiger partial charge in [-0.25, -0.2) is 4.79 Å². The van der Waals surface area contributed by atoms with E-state index in [1.54, 1.807) is 50.5 Å². The first-order chi connectivity index (χ1) is 20.0. The summed E-state index contributed by atoms with van der Waals surface area (Å²) >= 11 is 0. The third-order valence-electron chi connectivity index (χ3n) is 7.34. The van der Waals surface area contributed by atoms with Gasteiger partial charge in [0.2, 0.25) is 0 Å². The first-order valence-electron chi connectivity index (χ1n) is 15.0. The third kappa shape index (κ3) is 10.5. The molecule has 6 nitrogen and oxygen atoms in total. The maximum atomic E-state index is 13.1. The number of methoxy groups -OCH3 is 1. The molecule has 0 radical (unpaired) electrons. The first kappa shape index (κ1) is 32.1. The number of unbranched alkanes of at least 4 members (excludes halogenated alkanes) is 7. The number of carbonyl (C=O) groups is 2. The Kier molecular flexibility index (Phi) is 13.7. The lowest BCUT2D eigenvalue weighted by Gasteiger charge is -2.33. The Balaban J connectivity index is 1.50. The van der Waals surface area contributed by atoms with Crippen LogP contribution in [0.1, 0.15) is 82.0 Å². The van der Waals surface area contributed by atoms with E-state index in [0.717, 1.165) is 68.4 Å². The molecule has 0 heterocycles. The zero-order valence-electron chi connectivity index (χ0n) is 24.9. The van der Waals surface area contributed by atoms with Crippen LogP contribution >= 0.6 is 0 Å². The zero-order chi connectivity index (χ0) is 29.3. The topological polar surface area (TPSA) is 71.1 Å². The van der Waals surface area contributed by atoms with Crippen LogP contribution in [0.2, 0.25) is 0 Å². The molecule has 0 aromatic heterocycles. The number of hydrogen-bond donors (Lipinski definition) is 0. The number of benzene rings is 2. The molecule has 0 aliphatic heterocycles. The van der Waals surface area contributed by atoms with Gasteiger partial charge in [0.25, 0.3) is 0 Å². The Bertz CT molecular complexity index is 1120. The van der Waals surface area contributed by atoms with Gasteiger partial charge in [0.15, 0.2) is 0 Å². The predicted octanol–water partition coefficient (Wildman–Crippen LogP) is 8.11. The minimum absolute atomic E-state index is 0.374. The number of carbonyl (C=O) groups excluding carboxylic acids is 2. The van der Waals surface area contributed by atoms with Crippen LogP contribution < -0.4 is 4.74 Å². The summed E-state index contributed by atoms with van der Waals surface area (Å²) in [5.41, 5.74) is 1.32. The van der Waals surface area contributed by atoms with E-state index in [4.69, 9.17) is 18.9 Å². The third-order valence-corrected chi connectivity index (χ3v) is 7.34. The van der Waals surface area contributed by atoms with Crippen molar-refractivity contribution in [2.45, 2.75) is 77.2 Å². The average Bonchev–Trinajstić information content (AvgIpc) is 2.99. The molecule has 0 spiro atoms. The van der Waals surface area contributed by atoms with E-state index in [9.17, 15) is 9.59 Å². The molecule has 3 rings (SSSR count). The molecule has 0 saturated heterocycles. The van der Waals surface area contributed by atoms with Crippen LogP contribution in [0.4, 0.5) is 0 Å². The molecule has 1 aliphatic carbocycles. The highest BCUT2D eigenvalue weighted by Gasteiger charge is 2.41. The minimum atomic E-state index is -1.12. The highest BCUT2D eigenvalue weighted by atomic mass is 16.6. The van der Waals surface area contributed by atoms with Gasteiger partial charge in [0, 0.05) is 13.7 Å². The van der Waals surface area contributed by atoms with Gasteiger partial charge in [-0.2, -0.15) is 0 Å². The summed E-state index contributed by atoms with van der Waals surface area (Å²) in [4.78, 5) is 25.9. The molecule has 0 bridgehead atoms. The lowest BCUT2D eigenvalue weighted by molar-refractivity contribution is -0.152. The lowest BCUT2D eigenvalue weighted by atomic mass is 9.85. The molecule has 6 heteroatoms. The van der Waals surface area contributed by atoms with Crippen LogP contribution in [0.15, 0.2) is 72.8 Å². The van der Waals surface area contributed by atoms with E-state index in [0.29, 0.717) is 18.8 Å². The monoisotopic (exact) mass is 562 g/mol. The van der Waals surface area contributed by atoms with E-state index in [-0.39, 0.29) is 5.97 Å². The van der Waals surface area contributed by atoms with Crippen molar-refractivity contribution in [3.05, 3.63) is 78.4 Å². The molecule has 41 heavy (non-hydrogen) atoms. The summed E-state index contributed by atoms with van der Waals surface area (Å²) in [6, 6.07) is 15.3. The van der Waals surface area contributed by atoms with Gasteiger partial charge in [-0.3, -0.25) is 4.79 Å². The largest absolute Gasteiger partial charge is 0.494 e. The molecule has 0 saturated carbocycles. The van der Waals surface area contributed by atoms with Crippen LogP contribution in [-0.4, -0.2) is 44.5 Å². The Morgan fingerprint density at radius 1 is 0.756 bits per heavy atom. The van der Waals surface area contributed by atoms with Crippen molar-refractivity contribution in [1.82, 2.24) is 0 Å². The van der Waals surface area contributed by atoms with Crippen molar-refractivity contribution in [3.8, 4) is 16.9 Å². The van der Waals surface area contributed by atoms with E-state index >= 15 is 0 Å². The van der Waals surface area contributed by atoms with E-state index < -0.39 is 17.5 Å². The Morgan fingerprint density at radius 2 is 1.37 bits per heavy atom. The summed E-state index contributed by atoms with van der Waals surface area (Å²) in [5.74, 6) is -0.704. The van der Waals surface area contributed by atoms with Crippen molar-refractivity contribution in [3.63, 3.8) is 0 Å². The molecule has 0 amide bonds. The summed E-state index contributed by atoms with van der Waals surface area (Å²) in [5, 5.41) is 0. The standard InChI is InChI=1S/C35H46O6/c1-4-5-6-7-14-27-40-34(37)32-15-10-11-24-35(32,2)41-33(36)30-18-16-28(17-19-30)29-20-22-31(23-21-29)39-26-13-9-8-12-25-38-3/h10-11,15-24,32H,4-9,12-14,25-27H2,1-3H3/t32?,35-/m1/s1. The van der Waals surface area contributed by atoms with E-state index in [2.05, 4.69) is 6.92 Å². The molecule has 0 N–H and O–H groups in total. The highest BCUT2D eigenvalue weighted by molar-refractivity contribution is 5.91. The second-order valence-corrected chi connectivity index (χ2v) is 10.7. The lowest BCUT2D eigenvalue weighted by Crippen LogP contribution is -2.43. The molecular weight excluding hydrogens is 516 g/mol. The van der Waals surface area contributed by atoms with Gasteiger partial charge < -0.3 is 18.9 Å². The van der Waals surface area contributed by atoms with Gasteiger partial charge in [-0.05, 0) is 74.1 Å². The highest BCUT2D eigenvalue weighted by Crippen LogP contribution is 2.31. The molecule has 2 atom stereocenters. The minimum Gasteiger partial charge on any atom is -0.494 e. The van der Waals surface area contributed by atoms with Gasteiger partial charge >= 0.3 is 11.9 Å². The van der Waals surface area contributed by atoms with Gasteiger partial charge in [-0.1, -0.05) is 81.5 Å². The van der Waals surface area contributed by atoms with Gasteiger partial charge in [0.1, 0.15) is 17.3 Å². The van der Waals surface area contributed by atoms with Gasteiger partial charge in [-0.15, -0.1) is 0 Å². The van der Waals surface area contributed by atoms with Crippen molar-refractivity contribution in [2.75, 3.05) is 26.9 Å². The average molecular weight is 563 g/mol. The summed E-state index contributed by atoms with van der Waals surface area (Å²) in [7, 11) is 1.73. The number of allylic oxidation sites excluding steroid dienone is 2. The maximum absolute atomic E-state index is 13.1. The van der Waals surface area contributed by atoms with E-state index in [1.807, 2.05) is 36.4 Å². The summed E-state index contributed by atoms with van der Waals surface area (Å²) in [6.07, 6.45) is 16.9. The number of hydrogen-bond acceptors (Lipinski definition) is 6. The second kappa shape index (κ2) is 17.4. The fourth-order valence-corrected chi connectivity index (χ4v) is 4.79. The van der Waals surface area contributed by atoms with Crippen molar-refractivity contribution < 1.29 is 28.5 Å². The molecular formula is C35H46O6. The molecule has 0 fully saturated rings. The van der Waals surface area contributed by atoms with Crippen LogP contribution in [0, 0.1) is 5.92 Å². The smallest absolute Gasteiger partial charge is 0.339 e. The second-order valence-electron chi connectivity index (χ2n) is 10.7. The van der Waals surface area contributed by atoms with Crippen LogP contribution in [0.3, 0.4) is 0 Å². The summed E-state index contributed by atoms with van der Waals surface area (Å²) in [6.45, 7) is 5.81. The first-order valence-corrected chi connectivity index (χ1v) is 15.0. The fourth-order valence-electron chi connectivity index (χ4n) is 4.79. The SMILES string of the molecule is CCCCCCCOC(=O)C1C=CC=C[C@@]1(C)OC(=O)c1ccc(-c2ccc(OCCCCCCOC)cc2)cc1. The quantitative estimate of drug-likeness (QED) is 0.135. The Hall–Kier alpha value is -3.38. The molecule has 2 aromatic rings. The number of ether oxygens (including phenoxy) is 4. The Labute approximate surface area is 245 Å². The van der Waals surface area contributed by atoms with Crippen LogP contribution in [0.25, 0.3) is 11.1 Å². The summed E-state index contributed by atoms with van der Waals surface area (Å²) < 4.78 is 22.4. The molecule has 1 unspecified atom stereocenters. The van der Waals surface area contributed by atoms with Gasteiger partial charge in [0.05, 0.1) is 18.8 Å². The molecule has 2 aromatic carbocycles. The molecule has 1 aliphatic rings. The van der Waals surface area contributed by atoms with Crippen molar-refractivity contribution >= 4 is 11.9 Å². The zero-order valence-corrected chi connectivity index (χ0v) is 24.9. The maximum Gasteiger partial charge on any atom is 0.339 e. The Morgan fingerprint density at radius 3 is 2.02 bits per heavy atom. The van der Waals surface area contributed by atoms with Crippen LogP contribution in [-0.2, 0) is 19.0 Å². The normalized spacial score (nSPS) is 17.8. The van der Waals surface area contributed by atoms with Crippen molar-refractivity contribution in [1.29, 1.82) is 0 Å². The number of esters is 2. The molecule has 222 valence electrons.